The van der Waals surface area contributed by atoms with Gasteiger partial charge in [0, 0.05) is 13.1 Å². The van der Waals surface area contributed by atoms with Gasteiger partial charge in [-0.15, -0.1) is 0 Å². The summed E-state index contributed by atoms with van der Waals surface area (Å²) in [5, 5.41) is 1.82. The lowest BCUT2D eigenvalue weighted by Crippen LogP contribution is -2.51. The van der Waals surface area contributed by atoms with Crippen LogP contribution < -0.4 is 11.2 Å². The number of nitrogens with zero attached hydrogens (tertiary/aromatic N) is 1. The van der Waals surface area contributed by atoms with Crippen LogP contribution in [-0.2, 0) is 9.53 Å². The highest BCUT2D eigenvalue weighted by atomic mass is 32.1. The number of ether oxygens (including phenoxy) is 1. The van der Waals surface area contributed by atoms with E-state index in [4.69, 9.17) is 22.7 Å². The number of hydrogen-bond donors (Lipinski definition) is 2. The summed E-state index contributed by atoms with van der Waals surface area (Å²) < 4.78 is 5.15. The van der Waals surface area contributed by atoms with Crippen molar-refractivity contribution in [3.8, 4) is 0 Å². The maximum absolute atomic E-state index is 11.5. The fourth-order valence-corrected chi connectivity index (χ4v) is 1.16. The summed E-state index contributed by atoms with van der Waals surface area (Å²) in [6.45, 7) is 4.38. The van der Waals surface area contributed by atoms with E-state index in [9.17, 15) is 4.79 Å². The SMILES string of the molecule is CC(C(=O)NN1CCOCC1)C(N)=S. The van der Waals surface area contributed by atoms with Crippen molar-refractivity contribution in [3.63, 3.8) is 0 Å². The maximum atomic E-state index is 11.5. The summed E-state index contributed by atoms with van der Waals surface area (Å²) in [5.41, 5.74) is 8.12. The lowest BCUT2D eigenvalue weighted by Gasteiger charge is -2.27. The number of rotatable bonds is 3. The van der Waals surface area contributed by atoms with Gasteiger partial charge in [-0.25, -0.2) is 5.01 Å². The highest BCUT2D eigenvalue weighted by Crippen LogP contribution is 1.98. The van der Waals surface area contributed by atoms with Crippen molar-refractivity contribution in [1.29, 1.82) is 0 Å². The van der Waals surface area contributed by atoms with Crippen LogP contribution in [0.1, 0.15) is 6.92 Å². The predicted octanol–water partition coefficient (Wildman–Crippen LogP) is -0.728. The zero-order valence-electron chi connectivity index (χ0n) is 8.16. The van der Waals surface area contributed by atoms with Gasteiger partial charge < -0.3 is 10.5 Å². The van der Waals surface area contributed by atoms with E-state index in [1.54, 1.807) is 6.92 Å². The van der Waals surface area contributed by atoms with E-state index in [1.165, 1.54) is 0 Å². The Hall–Kier alpha value is -0.720. The van der Waals surface area contributed by atoms with Crippen LogP contribution in [0.4, 0.5) is 0 Å². The average Bonchev–Trinajstić information content (AvgIpc) is 2.18. The van der Waals surface area contributed by atoms with Gasteiger partial charge in [0.25, 0.3) is 0 Å². The van der Waals surface area contributed by atoms with Crippen LogP contribution >= 0.6 is 12.2 Å². The van der Waals surface area contributed by atoms with E-state index in [0.29, 0.717) is 26.3 Å². The number of carbonyl (C=O) groups excluding carboxylic acids is 1. The van der Waals surface area contributed by atoms with Gasteiger partial charge >= 0.3 is 0 Å². The molecule has 1 saturated heterocycles. The van der Waals surface area contributed by atoms with E-state index in [-0.39, 0.29) is 10.9 Å². The predicted molar refractivity (Wildman–Crippen MR) is 56.5 cm³/mol. The van der Waals surface area contributed by atoms with Gasteiger partial charge in [0.15, 0.2) is 0 Å². The van der Waals surface area contributed by atoms with Gasteiger partial charge in [0.05, 0.1) is 24.1 Å². The quantitative estimate of drug-likeness (QED) is 0.610. The van der Waals surface area contributed by atoms with Gasteiger partial charge in [0.2, 0.25) is 5.91 Å². The van der Waals surface area contributed by atoms with Crippen LogP contribution in [-0.4, -0.2) is 42.2 Å². The van der Waals surface area contributed by atoms with Gasteiger partial charge in [-0.1, -0.05) is 12.2 Å². The lowest BCUT2D eigenvalue weighted by molar-refractivity contribution is -0.129. The fraction of sp³-hybridized carbons (Fsp3) is 0.750. The zero-order chi connectivity index (χ0) is 10.6. The van der Waals surface area contributed by atoms with Crippen molar-refractivity contribution in [3.05, 3.63) is 0 Å². The number of morpholine rings is 1. The van der Waals surface area contributed by atoms with Crippen molar-refractivity contribution in [1.82, 2.24) is 10.4 Å². The van der Waals surface area contributed by atoms with Crippen molar-refractivity contribution in [2.75, 3.05) is 26.3 Å². The van der Waals surface area contributed by atoms with Crippen molar-refractivity contribution < 1.29 is 9.53 Å². The summed E-state index contributed by atoms with van der Waals surface area (Å²) >= 11 is 4.74. The topological polar surface area (TPSA) is 67.6 Å². The lowest BCUT2D eigenvalue weighted by atomic mass is 10.2. The molecule has 1 heterocycles. The molecule has 1 unspecified atom stereocenters. The van der Waals surface area contributed by atoms with Crippen LogP contribution in [0.2, 0.25) is 0 Å². The molecular weight excluding hydrogens is 202 g/mol. The maximum Gasteiger partial charge on any atom is 0.243 e. The molecule has 0 aromatic carbocycles. The van der Waals surface area contributed by atoms with Crippen LogP contribution in [0.25, 0.3) is 0 Å². The molecule has 14 heavy (non-hydrogen) atoms. The summed E-state index contributed by atoms with van der Waals surface area (Å²) in [7, 11) is 0. The number of nitrogens with two attached hydrogens (primary N) is 1. The number of carbonyl (C=O) groups is 1. The third kappa shape index (κ3) is 3.21. The van der Waals surface area contributed by atoms with Gasteiger partial charge in [0.1, 0.15) is 0 Å². The van der Waals surface area contributed by atoms with E-state index >= 15 is 0 Å². The van der Waals surface area contributed by atoms with E-state index < -0.39 is 5.92 Å². The molecule has 6 heteroatoms. The Morgan fingerprint density at radius 1 is 1.57 bits per heavy atom. The number of amides is 1. The van der Waals surface area contributed by atoms with Crippen molar-refractivity contribution >= 4 is 23.1 Å². The largest absolute Gasteiger partial charge is 0.393 e. The summed E-state index contributed by atoms with van der Waals surface area (Å²) in [6, 6.07) is 0. The van der Waals surface area contributed by atoms with Crippen LogP contribution in [0.3, 0.4) is 0 Å². The Morgan fingerprint density at radius 3 is 2.64 bits per heavy atom. The second-order valence-corrected chi connectivity index (χ2v) is 3.67. The molecule has 0 aromatic rings. The Kier molecular flexibility index (Phi) is 4.24. The molecule has 0 aromatic heterocycles. The Labute approximate surface area is 88.5 Å². The molecule has 1 aliphatic rings. The Morgan fingerprint density at radius 2 is 2.14 bits per heavy atom. The van der Waals surface area contributed by atoms with E-state index in [2.05, 4.69) is 5.43 Å². The molecule has 1 fully saturated rings. The number of nitrogens with one attached hydrogen (secondary N) is 1. The molecule has 0 aliphatic carbocycles. The summed E-state index contributed by atoms with van der Waals surface area (Å²) in [5.74, 6) is -0.577. The monoisotopic (exact) mass is 217 g/mol. The van der Waals surface area contributed by atoms with Crippen LogP contribution in [0.15, 0.2) is 0 Å². The first-order valence-electron chi connectivity index (χ1n) is 4.54. The number of hydrazine groups is 1. The van der Waals surface area contributed by atoms with Gasteiger partial charge in [-0.3, -0.25) is 10.2 Å². The summed E-state index contributed by atoms with van der Waals surface area (Å²) in [6.07, 6.45) is 0. The first-order chi connectivity index (χ1) is 6.61. The standard InChI is InChI=1S/C8H15N3O2S/c1-6(7(9)14)8(12)10-11-2-4-13-5-3-11/h6H,2-5H2,1H3,(H2,9,14)(H,10,12). The number of hydrogen-bond acceptors (Lipinski definition) is 4. The molecule has 80 valence electrons. The Bertz CT molecular complexity index is 229. The molecule has 0 saturated carbocycles. The van der Waals surface area contributed by atoms with Crippen LogP contribution in [0.5, 0.6) is 0 Å². The smallest absolute Gasteiger partial charge is 0.243 e. The normalized spacial score (nSPS) is 20.1. The third-order valence-corrected chi connectivity index (χ3v) is 2.45. The minimum absolute atomic E-state index is 0.153. The van der Waals surface area contributed by atoms with Gasteiger partial charge in [-0.05, 0) is 6.92 Å². The minimum atomic E-state index is -0.423. The molecule has 1 amide bonds. The molecule has 0 radical (unpaired) electrons. The fourth-order valence-electron chi connectivity index (χ4n) is 1.06. The van der Waals surface area contributed by atoms with Crippen molar-refractivity contribution in [2.45, 2.75) is 6.92 Å². The second kappa shape index (κ2) is 5.23. The zero-order valence-corrected chi connectivity index (χ0v) is 8.97. The molecule has 1 atom stereocenters. The summed E-state index contributed by atoms with van der Waals surface area (Å²) in [4.78, 5) is 11.7. The highest BCUT2D eigenvalue weighted by molar-refractivity contribution is 7.80. The van der Waals surface area contributed by atoms with Gasteiger partial charge in [-0.2, -0.15) is 0 Å². The molecule has 1 rings (SSSR count). The molecule has 3 N–H and O–H groups in total. The third-order valence-electron chi connectivity index (χ3n) is 2.10. The van der Waals surface area contributed by atoms with E-state index in [1.807, 2.05) is 5.01 Å². The average molecular weight is 217 g/mol. The molecule has 0 spiro atoms. The molecule has 0 bridgehead atoms. The van der Waals surface area contributed by atoms with Crippen molar-refractivity contribution in [2.24, 2.45) is 11.7 Å². The first-order valence-corrected chi connectivity index (χ1v) is 4.94. The van der Waals surface area contributed by atoms with E-state index in [0.717, 1.165) is 0 Å². The molecule has 1 aliphatic heterocycles. The molecule has 5 nitrogen and oxygen atoms in total. The van der Waals surface area contributed by atoms with Crippen LogP contribution in [0, 0.1) is 5.92 Å². The minimum Gasteiger partial charge on any atom is -0.393 e. The highest BCUT2D eigenvalue weighted by Gasteiger charge is 2.19. The Balaban J connectivity index is 2.35. The first kappa shape index (κ1) is 11.4. The second-order valence-electron chi connectivity index (χ2n) is 3.20. The molecular formula is C8H15N3O2S. The number of thiocarbonyl (C=S) groups is 1.